The maximum Gasteiger partial charge on any atom is 0.227 e. The van der Waals surface area contributed by atoms with Crippen LogP contribution in [0.25, 0.3) is 0 Å². The van der Waals surface area contributed by atoms with Gasteiger partial charge in [0, 0.05) is 32.7 Å². The predicted octanol–water partition coefficient (Wildman–Crippen LogP) is 4.90. The molecule has 3 aromatic carbocycles. The van der Waals surface area contributed by atoms with Gasteiger partial charge >= 0.3 is 0 Å². The Labute approximate surface area is 182 Å². The SMILES string of the molecule is O=C(Cc1ccc(F)cc1)N1CCCN(Cc2cccc(Oc3ccccc3)c2)CC1. The topological polar surface area (TPSA) is 32.8 Å². The summed E-state index contributed by atoms with van der Waals surface area (Å²) in [5.41, 5.74) is 2.04. The van der Waals surface area contributed by atoms with Crippen LogP contribution >= 0.6 is 0 Å². The molecule has 1 heterocycles. The van der Waals surface area contributed by atoms with Gasteiger partial charge in [-0.2, -0.15) is 0 Å². The molecule has 4 nitrogen and oxygen atoms in total. The number of hydrogen-bond donors (Lipinski definition) is 0. The molecule has 0 saturated carbocycles. The van der Waals surface area contributed by atoms with E-state index in [4.69, 9.17) is 4.74 Å². The van der Waals surface area contributed by atoms with Crippen molar-refractivity contribution in [2.24, 2.45) is 0 Å². The van der Waals surface area contributed by atoms with E-state index in [1.165, 1.54) is 17.7 Å². The Morgan fingerprint density at radius 3 is 2.39 bits per heavy atom. The van der Waals surface area contributed by atoms with Crippen molar-refractivity contribution in [1.29, 1.82) is 0 Å². The smallest absolute Gasteiger partial charge is 0.227 e. The van der Waals surface area contributed by atoms with E-state index in [0.29, 0.717) is 13.0 Å². The fourth-order valence-corrected chi connectivity index (χ4v) is 3.86. The third-order valence-electron chi connectivity index (χ3n) is 5.49. The van der Waals surface area contributed by atoms with Gasteiger partial charge in [0.2, 0.25) is 5.91 Å². The Morgan fingerprint density at radius 2 is 1.58 bits per heavy atom. The highest BCUT2D eigenvalue weighted by molar-refractivity contribution is 5.78. The molecule has 0 N–H and O–H groups in total. The Bertz CT molecular complexity index is 992. The number of ether oxygens (including phenoxy) is 1. The first-order valence-electron chi connectivity index (χ1n) is 10.7. The van der Waals surface area contributed by atoms with Crippen LogP contribution in [-0.2, 0) is 17.8 Å². The maximum absolute atomic E-state index is 13.1. The summed E-state index contributed by atoms with van der Waals surface area (Å²) in [6.07, 6.45) is 1.26. The second kappa shape index (κ2) is 10.2. The van der Waals surface area contributed by atoms with Gasteiger partial charge in [-0.15, -0.1) is 0 Å². The van der Waals surface area contributed by atoms with E-state index in [2.05, 4.69) is 17.0 Å². The van der Waals surface area contributed by atoms with Gasteiger partial charge in [0.15, 0.2) is 0 Å². The van der Waals surface area contributed by atoms with Gasteiger partial charge in [-0.3, -0.25) is 9.69 Å². The van der Waals surface area contributed by atoms with E-state index in [1.54, 1.807) is 12.1 Å². The summed E-state index contributed by atoms with van der Waals surface area (Å²) >= 11 is 0. The molecule has 0 radical (unpaired) electrons. The fraction of sp³-hybridized carbons (Fsp3) is 0.269. The lowest BCUT2D eigenvalue weighted by Gasteiger charge is -2.22. The minimum atomic E-state index is -0.278. The van der Waals surface area contributed by atoms with E-state index >= 15 is 0 Å². The molecule has 0 spiro atoms. The molecule has 1 aliphatic heterocycles. The van der Waals surface area contributed by atoms with Crippen LogP contribution < -0.4 is 4.74 Å². The van der Waals surface area contributed by atoms with Crippen molar-refractivity contribution in [3.05, 3.63) is 95.8 Å². The highest BCUT2D eigenvalue weighted by Gasteiger charge is 2.19. The fourth-order valence-electron chi connectivity index (χ4n) is 3.86. The van der Waals surface area contributed by atoms with Gasteiger partial charge in [0.05, 0.1) is 6.42 Å². The molecular weight excluding hydrogens is 391 g/mol. The second-order valence-corrected chi connectivity index (χ2v) is 7.88. The summed E-state index contributed by atoms with van der Waals surface area (Å²) < 4.78 is 19.0. The van der Waals surface area contributed by atoms with Gasteiger partial charge in [0.1, 0.15) is 17.3 Å². The van der Waals surface area contributed by atoms with Crippen molar-refractivity contribution in [2.45, 2.75) is 19.4 Å². The van der Waals surface area contributed by atoms with Crippen LogP contribution in [0.5, 0.6) is 11.5 Å². The Morgan fingerprint density at radius 1 is 0.806 bits per heavy atom. The molecule has 31 heavy (non-hydrogen) atoms. The normalized spacial score (nSPS) is 14.8. The molecule has 0 aromatic heterocycles. The van der Waals surface area contributed by atoms with E-state index in [-0.39, 0.29) is 11.7 Å². The van der Waals surface area contributed by atoms with Crippen molar-refractivity contribution >= 4 is 5.91 Å². The van der Waals surface area contributed by atoms with Crippen LogP contribution in [0.1, 0.15) is 17.5 Å². The number of carbonyl (C=O) groups is 1. The van der Waals surface area contributed by atoms with Gasteiger partial charge in [-0.25, -0.2) is 4.39 Å². The molecule has 0 atom stereocenters. The zero-order valence-electron chi connectivity index (χ0n) is 17.5. The quantitative estimate of drug-likeness (QED) is 0.571. The number of benzene rings is 3. The summed E-state index contributed by atoms with van der Waals surface area (Å²) in [4.78, 5) is 17.0. The molecule has 1 amide bonds. The van der Waals surface area contributed by atoms with Gasteiger partial charge in [-0.1, -0.05) is 42.5 Å². The number of rotatable bonds is 6. The summed E-state index contributed by atoms with van der Waals surface area (Å²) in [5.74, 6) is 1.48. The molecule has 1 fully saturated rings. The molecule has 0 unspecified atom stereocenters. The average Bonchev–Trinajstić information content (AvgIpc) is 3.02. The Balaban J connectivity index is 1.31. The number of amides is 1. The Hall–Kier alpha value is -3.18. The van der Waals surface area contributed by atoms with Crippen LogP contribution in [0, 0.1) is 5.82 Å². The molecule has 160 valence electrons. The number of halogens is 1. The maximum atomic E-state index is 13.1. The van der Waals surface area contributed by atoms with Crippen LogP contribution in [0.15, 0.2) is 78.9 Å². The molecule has 3 aromatic rings. The van der Waals surface area contributed by atoms with E-state index in [1.807, 2.05) is 47.4 Å². The zero-order valence-corrected chi connectivity index (χ0v) is 17.5. The number of hydrogen-bond acceptors (Lipinski definition) is 3. The summed E-state index contributed by atoms with van der Waals surface area (Å²) in [7, 11) is 0. The van der Waals surface area contributed by atoms with Gasteiger partial charge in [0.25, 0.3) is 0 Å². The first-order valence-corrected chi connectivity index (χ1v) is 10.7. The van der Waals surface area contributed by atoms with Crippen LogP contribution in [0.2, 0.25) is 0 Å². The average molecular weight is 419 g/mol. The number of carbonyl (C=O) groups excluding carboxylic acids is 1. The highest BCUT2D eigenvalue weighted by Crippen LogP contribution is 2.22. The molecule has 1 saturated heterocycles. The second-order valence-electron chi connectivity index (χ2n) is 7.88. The number of para-hydroxylation sites is 1. The third-order valence-corrected chi connectivity index (χ3v) is 5.49. The lowest BCUT2D eigenvalue weighted by atomic mass is 10.1. The summed E-state index contributed by atoms with van der Waals surface area (Å²) in [5, 5.41) is 0. The molecular formula is C26H27FN2O2. The minimum absolute atomic E-state index is 0.103. The monoisotopic (exact) mass is 418 g/mol. The largest absolute Gasteiger partial charge is 0.457 e. The Kier molecular flexibility index (Phi) is 6.95. The lowest BCUT2D eigenvalue weighted by Crippen LogP contribution is -2.36. The standard InChI is InChI=1S/C26H27FN2O2/c27-23-12-10-21(11-13-23)19-26(30)29-15-5-14-28(16-17-29)20-22-6-4-9-25(18-22)31-24-7-2-1-3-8-24/h1-4,6-13,18H,5,14-17,19-20H2. The van der Waals surface area contributed by atoms with Crippen molar-refractivity contribution < 1.29 is 13.9 Å². The summed E-state index contributed by atoms with van der Waals surface area (Å²) in [6.45, 7) is 4.07. The zero-order chi connectivity index (χ0) is 21.5. The van der Waals surface area contributed by atoms with E-state index in [9.17, 15) is 9.18 Å². The molecule has 4 rings (SSSR count). The van der Waals surface area contributed by atoms with E-state index < -0.39 is 0 Å². The third kappa shape index (κ3) is 6.15. The van der Waals surface area contributed by atoms with Gasteiger partial charge in [-0.05, 0) is 53.9 Å². The minimum Gasteiger partial charge on any atom is -0.457 e. The molecule has 0 aliphatic carbocycles. The predicted molar refractivity (Wildman–Crippen MR) is 120 cm³/mol. The van der Waals surface area contributed by atoms with Crippen LogP contribution in [-0.4, -0.2) is 41.9 Å². The molecule has 5 heteroatoms. The molecule has 0 bridgehead atoms. The molecule has 1 aliphatic rings. The highest BCUT2D eigenvalue weighted by atomic mass is 19.1. The van der Waals surface area contributed by atoms with Gasteiger partial charge < -0.3 is 9.64 Å². The van der Waals surface area contributed by atoms with Crippen molar-refractivity contribution in [2.75, 3.05) is 26.2 Å². The van der Waals surface area contributed by atoms with Crippen molar-refractivity contribution in [1.82, 2.24) is 9.80 Å². The van der Waals surface area contributed by atoms with E-state index in [0.717, 1.165) is 49.7 Å². The van der Waals surface area contributed by atoms with Crippen molar-refractivity contribution in [3.63, 3.8) is 0 Å². The number of nitrogens with zero attached hydrogens (tertiary/aromatic N) is 2. The van der Waals surface area contributed by atoms with Crippen molar-refractivity contribution in [3.8, 4) is 11.5 Å². The first kappa shape index (κ1) is 21.1. The first-order chi connectivity index (χ1) is 15.2. The summed E-state index contributed by atoms with van der Waals surface area (Å²) in [6, 6.07) is 24.1. The lowest BCUT2D eigenvalue weighted by molar-refractivity contribution is -0.130. The van der Waals surface area contributed by atoms with Crippen LogP contribution in [0.3, 0.4) is 0 Å². The van der Waals surface area contributed by atoms with Crippen LogP contribution in [0.4, 0.5) is 4.39 Å².